The average Bonchev–Trinajstić information content (AvgIpc) is 3.12. The van der Waals surface area contributed by atoms with Crippen molar-refractivity contribution in [2.24, 2.45) is 7.05 Å². The summed E-state index contributed by atoms with van der Waals surface area (Å²) in [5.74, 6) is 1.53. The van der Waals surface area contributed by atoms with E-state index in [9.17, 15) is 4.79 Å². The van der Waals surface area contributed by atoms with Crippen molar-refractivity contribution in [2.45, 2.75) is 31.8 Å². The molecule has 7 heteroatoms. The molecule has 2 N–H and O–H groups in total. The van der Waals surface area contributed by atoms with E-state index in [0.717, 1.165) is 49.6 Å². The Morgan fingerprint density at radius 2 is 2.30 bits per heavy atom. The van der Waals surface area contributed by atoms with Gasteiger partial charge >= 0.3 is 6.03 Å². The van der Waals surface area contributed by atoms with E-state index in [1.807, 2.05) is 42.1 Å². The maximum Gasteiger partial charge on any atom is 0.315 e. The van der Waals surface area contributed by atoms with Crippen LogP contribution in [0.3, 0.4) is 0 Å². The smallest absolute Gasteiger partial charge is 0.315 e. The third-order valence-corrected chi connectivity index (χ3v) is 5.11. The van der Waals surface area contributed by atoms with Crippen molar-refractivity contribution in [1.29, 1.82) is 0 Å². The van der Waals surface area contributed by atoms with Gasteiger partial charge in [0.15, 0.2) is 0 Å². The molecule has 2 aromatic rings. The molecule has 27 heavy (non-hydrogen) atoms. The molecule has 1 saturated heterocycles. The number of benzene rings is 1. The molecule has 2 atom stereocenters. The Bertz CT molecular complexity index is 760. The van der Waals surface area contributed by atoms with Gasteiger partial charge in [0.1, 0.15) is 17.6 Å². The fraction of sp³-hybridized carbons (Fsp3) is 0.500. The number of hydrogen-bond acceptors (Lipinski definition) is 4. The lowest BCUT2D eigenvalue weighted by Crippen LogP contribution is -2.51. The predicted octanol–water partition coefficient (Wildman–Crippen LogP) is 2.30. The minimum Gasteiger partial charge on any atom is -0.497 e. The third kappa shape index (κ3) is 4.80. The number of piperidine rings is 1. The number of methoxy groups -OCH3 is 1. The molecule has 0 spiro atoms. The first-order chi connectivity index (χ1) is 13.1. The Kier molecular flexibility index (Phi) is 6.34. The molecule has 1 aromatic carbocycles. The maximum atomic E-state index is 12.7. The summed E-state index contributed by atoms with van der Waals surface area (Å²) >= 11 is 0. The highest BCUT2D eigenvalue weighted by atomic mass is 16.5. The highest BCUT2D eigenvalue weighted by Gasteiger charge is 2.24. The largest absolute Gasteiger partial charge is 0.497 e. The van der Waals surface area contributed by atoms with Gasteiger partial charge in [-0.2, -0.15) is 0 Å². The lowest BCUT2D eigenvalue weighted by molar-refractivity contribution is 0.191. The van der Waals surface area contributed by atoms with Gasteiger partial charge in [-0.15, -0.1) is 0 Å². The molecule has 2 unspecified atom stereocenters. The number of carbonyl (C=O) groups is 1. The zero-order chi connectivity index (χ0) is 19.2. The molecule has 0 radical (unpaired) electrons. The van der Waals surface area contributed by atoms with E-state index in [1.165, 1.54) is 0 Å². The summed E-state index contributed by atoms with van der Waals surface area (Å²) < 4.78 is 7.26. The van der Waals surface area contributed by atoms with Gasteiger partial charge in [-0.05, 0) is 43.6 Å². The number of likely N-dealkylation sites (tertiary alicyclic amines) is 1. The van der Waals surface area contributed by atoms with Gasteiger partial charge in [0, 0.05) is 32.0 Å². The second-order valence-corrected chi connectivity index (χ2v) is 6.96. The minimum absolute atomic E-state index is 0.172. The molecule has 7 nitrogen and oxygen atoms in total. The Morgan fingerprint density at radius 1 is 1.44 bits per heavy atom. The Morgan fingerprint density at radius 3 is 3.00 bits per heavy atom. The van der Waals surface area contributed by atoms with Crippen LogP contribution in [-0.4, -0.2) is 53.3 Å². The number of aromatic nitrogens is 2. The van der Waals surface area contributed by atoms with Gasteiger partial charge < -0.3 is 24.8 Å². The molecule has 0 saturated carbocycles. The zero-order valence-corrected chi connectivity index (χ0v) is 16.3. The number of rotatable bonds is 6. The summed E-state index contributed by atoms with van der Waals surface area (Å²) in [4.78, 5) is 19.6. The van der Waals surface area contributed by atoms with E-state index in [2.05, 4.69) is 27.4 Å². The molecular weight excluding hydrogens is 342 g/mol. The van der Waals surface area contributed by atoms with Gasteiger partial charge in [-0.1, -0.05) is 19.1 Å². The van der Waals surface area contributed by atoms with Gasteiger partial charge in [-0.3, -0.25) is 0 Å². The molecule has 1 aliphatic rings. The normalized spacial score (nSPS) is 18.7. The number of urea groups is 1. The molecule has 0 bridgehead atoms. The topological polar surface area (TPSA) is 71.4 Å². The second-order valence-electron chi connectivity index (χ2n) is 6.96. The van der Waals surface area contributed by atoms with Crippen LogP contribution in [0.15, 0.2) is 36.7 Å². The van der Waals surface area contributed by atoms with E-state index in [1.54, 1.807) is 13.3 Å². The number of hydrogen-bond donors (Lipinski definition) is 2. The number of nitrogens with one attached hydrogen (secondary N) is 2. The van der Waals surface area contributed by atoms with Crippen LogP contribution in [0, 0.1) is 0 Å². The molecule has 0 aliphatic carbocycles. The van der Waals surface area contributed by atoms with Gasteiger partial charge in [0.2, 0.25) is 0 Å². The monoisotopic (exact) mass is 371 g/mol. The van der Waals surface area contributed by atoms with Crippen LogP contribution in [0.2, 0.25) is 0 Å². The third-order valence-electron chi connectivity index (χ3n) is 5.11. The van der Waals surface area contributed by atoms with Crippen molar-refractivity contribution in [2.75, 3.05) is 26.7 Å². The van der Waals surface area contributed by atoms with Gasteiger partial charge in [0.05, 0.1) is 7.11 Å². The van der Waals surface area contributed by atoms with Crippen molar-refractivity contribution in [3.05, 3.63) is 48.0 Å². The number of likely N-dealkylation sites (N-methyl/N-ethyl adjacent to an activating group) is 1. The summed E-state index contributed by atoms with van der Waals surface area (Å²) in [6.07, 6.45) is 5.73. The van der Waals surface area contributed by atoms with Crippen LogP contribution in [0.5, 0.6) is 5.75 Å². The lowest BCUT2D eigenvalue weighted by atomic mass is 10.0. The maximum absolute atomic E-state index is 12.7. The zero-order valence-electron chi connectivity index (χ0n) is 16.3. The molecule has 2 amide bonds. The quantitative estimate of drug-likeness (QED) is 0.817. The summed E-state index contributed by atoms with van der Waals surface area (Å²) in [6.45, 7) is 5.17. The first kappa shape index (κ1) is 19.2. The molecule has 2 heterocycles. The van der Waals surface area contributed by atoms with Crippen LogP contribution in [-0.2, 0) is 7.05 Å². The lowest BCUT2D eigenvalue weighted by Gasteiger charge is -2.32. The molecule has 1 aromatic heterocycles. The first-order valence-corrected chi connectivity index (χ1v) is 9.51. The number of nitrogens with zero attached hydrogens (tertiary/aromatic N) is 3. The van der Waals surface area contributed by atoms with Crippen molar-refractivity contribution in [3.8, 4) is 5.75 Å². The summed E-state index contributed by atoms with van der Waals surface area (Å²) in [6, 6.07) is 7.36. The van der Waals surface area contributed by atoms with Crippen molar-refractivity contribution in [3.63, 3.8) is 0 Å². The van der Waals surface area contributed by atoms with Crippen LogP contribution < -0.4 is 15.4 Å². The highest BCUT2D eigenvalue weighted by Crippen LogP contribution is 2.24. The Hall–Kier alpha value is -2.54. The second kappa shape index (κ2) is 8.90. The van der Waals surface area contributed by atoms with E-state index in [4.69, 9.17) is 4.74 Å². The van der Waals surface area contributed by atoms with E-state index >= 15 is 0 Å². The van der Waals surface area contributed by atoms with E-state index in [-0.39, 0.29) is 18.1 Å². The number of ether oxygens (including phenoxy) is 1. The molecular formula is C20H29N5O2. The SMILES string of the molecule is CCN1CCCC(NC(=O)NC(c2cccc(OC)c2)c2nccn2C)C1. The van der Waals surface area contributed by atoms with E-state index in [0.29, 0.717) is 0 Å². The number of amides is 2. The van der Waals surface area contributed by atoms with Gasteiger partial charge in [0.25, 0.3) is 0 Å². The Labute approximate surface area is 160 Å². The van der Waals surface area contributed by atoms with Crippen LogP contribution in [0.1, 0.15) is 37.2 Å². The number of imidazole rings is 1. The highest BCUT2D eigenvalue weighted by molar-refractivity contribution is 5.75. The predicted molar refractivity (Wildman–Crippen MR) is 105 cm³/mol. The van der Waals surface area contributed by atoms with Crippen LogP contribution >= 0.6 is 0 Å². The molecule has 146 valence electrons. The van der Waals surface area contributed by atoms with Crippen LogP contribution in [0.4, 0.5) is 4.79 Å². The average molecular weight is 371 g/mol. The fourth-order valence-electron chi connectivity index (χ4n) is 3.59. The standard InChI is InChI=1S/C20H29N5O2/c1-4-25-11-6-8-16(14-25)22-20(26)23-18(19-21-10-12-24(19)2)15-7-5-9-17(13-15)27-3/h5,7,9-10,12-13,16,18H,4,6,8,11,14H2,1-3H3,(H2,22,23,26). The fourth-order valence-corrected chi connectivity index (χ4v) is 3.59. The summed E-state index contributed by atoms with van der Waals surface area (Å²) in [5.41, 5.74) is 0.928. The summed E-state index contributed by atoms with van der Waals surface area (Å²) in [5, 5.41) is 6.23. The Balaban J connectivity index is 1.75. The molecule has 1 aliphatic heterocycles. The molecule has 3 rings (SSSR count). The minimum atomic E-state index is -0.356. The number of aryl methyl sites for hydroxylation is 1. The molecule has 1 fully saturated rings. The van der Waals surface area contributed by atoms with Crippen LogP contribution in [0.25, 0.3) is 0 Å². The van der Waals surface area contributed by atoms with Gasteiger partial charge in [-0.25, -0.2) is 9.78 Å². The van der Waals surface area contributed by atoms with Crippen molar-refractivity contribution < 1.29 is 9.53 Å². The van der Waals surface area contributed by atoms with E-state index < -0.39 is 0 Å². The number of carbonyl (C=O) groups excluding carboxylic acids is 1. The first-order valence-electron chi connectivity index (χ1n) is 9.51. The summed E-state index contributed by atoms with van der Waals surface area (Å²) in [7, 11) is 3.56. The van der Waals surface area contributed by atoms with Crippen molar-refractivity contribution in [1.82, 2.24) is 25.1 Å². The van der Waals surface area contributed by atoms with Crippen molar-refractivity contribution >= 4 is 6.03 Å².